The van der Waals surface area contributed by atoms with Crippen LogP contribution in [-0.4, -0.2) is 37.2 Å². The first kappa shape index (κ1) is 21.3. The summed E-state index contributed by atoms with van der Waals surface area (Å²) in [6.07, 6.45) is 0. The highest BCUT2D eigenvalue weighted by atomic mass is 35.5. The van der Waals surface area contributed by atoms with Crippen molar-refractivity contribution in [3.63, 3.8) is 0 Å². The molecule has 0 aliphatic rings. The van der Waals surface area contributed by atoms with Crippen LogP contribution in [0, 0.1) is 0 Å². The van der Waals surface area contributed by atoms with Gasteiger partial charge < -0.3 is 19.5 Å². The first-order valence-electron chi connectivity index (χ1n) is 8.65. The largest absolute Gasteiger partial charge is 0.495 e. The highest BCUT2D eigenvalue weighted by Gasteiger charge is 2.14. The van der Waals surface area contributed by atoms with Crippen molar-refractivity contribution in [2.45, 2.75) is 19.1 Å². The molecule has 1 unspecified atom stereocenters. The van der Waals surface area contributed by atoms with Crippen LogP contribution in [0.25, 0.3) is 0 Å². The highest BCUT2D eigenvalue weighted by Crippen LogP contribution is 2.27. The predicted molar refractivity (Wildman–Crippen MR) is 112 cm³/mol. The van der Waals surface area contributed by atoms with Crippen molar-refractivity contribution in [1.82, 2.24) is 0 Å². The Kier molecular flexibility index (Phi) is 8.61. The molecule has 5 nitrogen and oxygen atoms in total. The molecule has 27 heavy (non-hydrogen) atoms. The van der Waals surface area contributed by atoms with E-state index < -0.39 is 0 Å². The second-order valence-corrected chi connectivity index (χ2v) is 7.46. The Morgan fingerprint density at radius 3 is 2.41 bits per heavy atom. The minimum absolute atomic E-state index is 0.0812. The van der Waals surface area contributed by atoms with Gasteiger partial charge in [0.05, 0.1) is 30.6 Å². The van der Waals surface area contributed by atoms with Crippen molar-refractivity contribution in [3.8, 4) is 17.2 Å². The van der Waals surface area contributed by atoms with E-state index in [1.807, 2.05) is 38.1 Å². The zero-order chi connectivity index (χ0) is 19.6. The Bertz CT molecular complexity index is 739. The fourth-order valence-electron chi connectivity index (χ4n) is 2.25. The van der Waals surface area contributed by atoms with Crippen molar-refractivity contribution >= 4 is 35.0 Å². The van der Waals surface area contributed by atoms with Gasteiger partial charge in [-0.3, -0.25) is 4.79 Å². The Labute approximate surface area is 169 Å². The third kappa shape index (κ3) is 6.88. The highest BCUT2D eigenvalue weighted by molar-refractivity contribution is 8.00. The van der Waals surface area contributed by atoms with E-state index in [0.717, 1.165) is 11.5 Å². The fourth-order valence-corrected chi connectivity index (χ4v) is 3.25. The molecule has 0 fully saturated rings. The number of hydrogen-bond donors (Lipinski definition) is 1. The first-order chi connectivity index (χ1) is 13.0. The van der Waals surface area contributed by atoms with E-state index in [1.165, 1.54) is 11.8 Å². The van der Waals surface area contributed by atoms with Gasteiger partial charge in [0.2, 0.25) is 5.91 Å². The van der Waals surface area contributed by atoms with Crippen LogP contribution < -0.4 is 19.5 Å². The van der Waals surface area contributed by atoms with Gasteiger partial charge in [0, 0.05) is 11.4 Å². The average Bonchev–Trinajstić information content (AvgIpc) is 2.66. The lowest BCUT2D eigenvalue weighted by Gasteiger charge is -2.13. The van der Waals surface area contributed by atoms with Crippen molar-refractivity contribution in [2.24, 2.45) is 0 Å². The van der Waals surface area contributed by atoms with Gasteiger partial charge in [-0.05, 0) is 56.3 Å². The number of ether oxygens (including phenoxy) is 3. The molecule has 0 saturated carbocycles. The number of hydrogen-bond acceptors (Lipinski definition) is 5. The normalized spacial score (nSPS) is 11.6. The van der Waals surface area contributed by atoms with Crippen molar-refractivity contribution < 1.29 is 19.0 Å². The molecular formula is C20H24ClNO4S. The second kappa shape index (κ2) is 10.9. The lowest BCUT2D eigenvalue weighted by atomic mass is 10.3. The maximum absolute atomic E-state index is 12.3. The minimum atomic E-state index is -0.213. The van der Waals surface area contributed by atoms with Crippen LogP contribution in [0.5, 0.6) is 17.2 Å². The summed E-state index contributed by atoms with van der Waals surface area (Å²) in [6, 6.07) is 12.7. The minimum Gasteiger partial charge on any atom is -0.495 e. The number of methoxy groups -OCH3 is 1. The number of nitrogens with one attached hydrogen (secondary N) is 1. The molecule has 0 aliphatic heterocycles. The zero-order valence-corrected chi connectivity index (χ0v) is 17.2. The molecule has 1 atom stereocenters. The van der Waals surface area contributed by atoms with Gasteiger partial charge in [0.25, 0.3) is 0 Å². The van der Waals surface area contributed by atoms with E-state index in [4.69, 9.17) is 25.8 Å². The number of anilines is 1. The average molecular weight is 410 g/mol. The molecule has 0 spiro atoms. The molecule has 146 valence electrons. The quantitative estimate of drug-likeness (QED) is 0.566. The number of benzene rings is 2. The van der Waals surface area contributed by atoms with Crippen molar-refractivity contribution in [1.29, 1.82) is 0 Å². The maximum atomic E-state index is 12.3. The maximum Gasteiger partial charge on any atom is 0.237 e. The summed E-state index contributed by atoms with van der Waals surface area (Å²) < 4.78 is 16.2. The molecule has 0 radical (unpaired) electrons. The summed E-state index contributed by atoms with van der Waals surface area (Å²) in [5.41, 5.74) is 0.642. The van der Waals surface area contributed by atoms with Crippen LogP contribution in [0.1, 0.15) is 13.8 Å². The van der Waals surface area contributed by atoms with Gasteiger partial charge in [0.1, 0.15) is 17.2 Å². The van der Waals surface area contributed by atoms with Gasteiger partial charge in [-0.25, -0.2) is 0 Å². The van der Waals surface area contributed by atoms with Crippen LogP contribution in [-0.2, 0) is 4.79 Å². The van der Waals surface area contributed by atoms with Crippen LogP contribution in [0.15, 0.2) is 42.5 Å². The monoisotopic (exact) mass is 409 g/mol. The SMILES string of the molecule is CCOc1ccc(OCCSC(C)C(=O)Nc2ccc(OC)c(Cl)c2)cc1. The van der Waals surface area contributed by atoms with E-state index in [0.29, 0.717) is 35.4 Å². The zero-order valence-electron chi connectivity index (χ0n) is 15.7. The summed E-state index contributed by atoms with van der Waals surface area (Å²) in [7, 11) is 1.55. The predicted octanol–water partition coefficient (Wildman–Crippen LogP) is 4.89. The molecule has 2 aromatic carbocycles. The Morgan fingerprint density at radius 2 is 1.81 bits per heavy atom. The molecule has 0 heterocycles. The molecule has 2 rings (SSSR count). The third-order valence-electron chi connectivity index (χ3n) is 3.64. The van der Waals surface area contributed by atoms with Crippen molar-refractivity contribution in [2.75, 3.05) is 31.4 Å². The molecule has 1 N–H and O–H groups in total. The molecular weight excluding hydrogens is 386 g/mol. The second-order valence-electron chi connectivity index (χ2n) is 5.60. The smallest absolute Gasteiger partial charge is 0.237 e. The number of amides is 1. The van der Waals surface area contributed by atoms with E-state index in [9.17, 15) is 4.79 Å². The van der Waals surface area contributed by atoms with Gasteiger partial charge in [-0.15, -0.1) is 11.8 Å². The summed E-state index contributed by atoms with van der Waals surface area (Å²) >= 11 is 7.60. The first-order valence-corrected chi connectivity index (χ1v) is 10.1. The Hall–Kier alpha value is -2.05. The summed E-state index contributed by atoms with van der Waals surface area (Å²) in [5, 5.41) is 3.10. The number of halogens is 1. The molecule has 2 aromatic rings. The van der Waals surface area contributed by atoms with Gasteiger partial charge >= 0.3 is 0 Å². The number of carbonyl (C=O) groups excluding carboxylic acids is 1. The van der Waals surface area contributed by atoms with Crippen LogP contribution in [0.2, 0.25) is 5.02 Å². The summed E-state index contributed by atoms with van der Waals surface area (Å²) in [5.74, 6) is 2.79. The lowest BCUT2D eigenvalue weighted by Crippen LogP contribution is -2.23. The number of rotatable bonds is 10. The molecule has 1 amide bonds. The Balaban J connectivity index is 1.72. The Morgan fingerprint density at radius 1 is 1.15 bits per heavy atom. The molecule has 7 heteroatoms. The molecule has 0 aliphatic carbocycles. The standard InChI is InChI=1S/C20H24ClNO4S/c1-4-25-16-6-8-17(9-7-16)26-11-12-27-14(2)20(23)22-15-5-10-19(24-3)18(21)13-15/h5-10,13-14H,4,11-12H2,1-3H3,(H,22,23). The summed E-state index contributed by atoms with van der Waals surface area (Å²) in [4.78, 5) is 12.3. The van der Waals surface area contributed by atoms with E-state index in [2.05, 4.69) is 5.32 Å². The van der Waals surface area contributed by atoms with E-state index in [1.54, 1.807) is 25.3 Å². The molecule has 0 aromatic heterocycles. The lowest BCUT2D eigenvalue weighted by molar-refractivity contribution is -0.115. The molecule has 0 saturated heterocycles. The number of thioether (sulfide) groups is 1. The summed E-state index contributed by atoms with van der Waals surface area (Å²) in [6.45, 7) is 4.97. The van der Waals surface area contributed by atoms with Crippen molar-refractivity contribution in [3.05, 3.63) is 47.5 Å². The van der Waals surface area contributed by atoms with E-state index in [-0.39, 0.29) is 11.2 Å². The van der Waals surface area contributed by atoms with Crippen LogP contribution in [0.3, 0.4) is 0 Å². The third-order valence-corrected chi connectivity index (χ3v) is 5.06. The van der Waals surface area contributed by atoms with Gasteiger partial charge in [-0.2, -0.15) is 0 Å². The van der Waals surface area contributed by atoms with Crippen LogP contribution >= 0.6 is 23.4 Å². The van der Waals surface area contributed by atoms with Gasteiger partial charge in [0.15, 0.2) is 0 Å². The number of carbonyl (C=O) groups is 1. The van der Waals surface area contributed by atoms with Crippen LogP contribution in [0.4, 0.5) is 5.69 Å². The van der Waals surface area contributed by atoms with E-state index >= 15 is 0 Å². The topological polar surface area (TPSA) is 56.8 Å². The van der Waals surface area contributed by atoms with Gasteiger partial charge in [-0.1, -0.05) is 11.6 Å². The molecule has 0 bridgehead atoms. The fraction of sp³-hybridized carbons (Fsp3) is 0.350.